The zero-order chi connectivity index (χ0) is 39.5. The molecule has 9 aromatic carbocycles. The second-order valence-corrected chi connectivity index (χ2v) is 16.2. The van der Waals surface area contributed by atoms with Gasteiger partial charge in [-0.3, -0.25) is 4.90 Å². The first-order valence-corrected chi connectivity index (χ1v) is 20.7. The number of hydrogen-bond donors (Lipinski definition) is 0. The Bertz CT molecular complexity index is 3520. The van der Waals surface area contributed by atoms with Gasteiger partial charge in [0.05, 0.1) is 11.1 Å². The average Bonchev–Trinajstić information content (AvgIpc) is 3.95. The normalized spacial score (nSPS) is 13.2. The third-order valence-corrected chi connectivity index (χ3v) is 13.1. The van der Waals surface area contributed by atoms with Gasteiger partial charge in [-0.2, -0.15) is 0 Å². The van der Waals surface area contributed by atoms with Gasteiger partial charge < -0.3 is 4.42 Å². The Kier molecular flexibility index (Phi) is 6.86. The van der Waals surface area contributed by atoms with Gasteiger partial charge in [-0.15, -0.1) is 0 Å². The molecule has 0 unspecified atom stereocenters. The first kappa shape index (κ1) is 33.2. The Balaban J connectivity index is 1.26. The van der Waals surface area contributed by atoms with Crippen molar-refractivity contribution in [3.63, 3.8) is 0 Å². The van der Waals surface area contributed by atoms with E-state index in [9.17, 15) is 0 Å². The van der Waals surface area contributed by atoms with Gasteiger partial charge in [0.2, 0.25) is 0 Å². The summed E-state index contributed by atoms with van der Waals surface area (Å²) in [5, 5.41) is 7.25. The predicted molar refractivity (Wildman–Crippen MR) is 248 cm³/mol. The van der Waals surface area contributed by atoms with Gasteiger partial charge in [0.25, 0.3) is 0 Å². The molecule has 0 aliphatic heterocycles. The van der Waals surface area contributed by atoms with Gasteiger partial charge in [-0.1, -0.05) is 164 Å². The Morgan fingerprint density at radius 2 is 1.10 bits per heavy atom. The fourth-order valence-corrected chi connectivity index (χ4v) is 10.8. The van der Waals surface area contributed by atoms with Crippen LogP contribution in [-0.4, -0.2) is 4.98 Å². The van der Waals surface area contributed by atoms with E-state index in [4.69, 9.17) is 9.40 Å². The lowest BCUT2D eigenvalue weighted by molar-refractivity contribution is 0.668. The molecule has 60 heavy (non-hydrogen) atoms. The van der Waals surface area contributed by atoms with Crippen molar-refractivity contribution in [3.05, 3.63) is 228 Å². The van der Waals surface area contributed by atoms with Crippen molar-refractivity contribution in [1.82, 2.24) is 4.98 Å². The minimum absolute atomic E-state index is 0.638. The standard InChI is InChI=1S/C57H36N2O/c1-35-30-31-51(58-34-35)59(38-19-15-18-37(32-38)36-16-3-2-4-17-36)49-33-48-54(53-45-26-11-14-29-50(45)60-56(49)53)52-43-24-7-5-20-39(43)40-21-6-8-25-44(40)55(52)57(48)46-27-12-9-22-41(46)42-23-10-13-28-47(42)57/h2-34H,1H3. The van der Waals surface area contributed by atoms with Crippen molar-refractivity contribution in [2.75, 3.05) is 4.90 Å². The number of nitrogens with zero attached hydrogens (tertiary/aromatic N) is 2. The topological polar surface area (TPSA) is 29.3 Å². The lowest BCUT2D eigenvalue weighted by Crippen LogP contribution is -2.26. The zero-order valence-electron chi connectivity index (χ0n) is 32.9. The van der Waals surface area contributed by atoms with E-state index in [1.54, 1.807) is 0 Å². The maximum Gasteiger partial charge on any atom is 0.160 e. The molecule has 0 amide bonds. The highest BCUT2D eigenvalue weighted by molar-refractivity contribution is 6.27. The minimum atomic E-state index is -0.638. The summed E-state index contributed by atoms with van der Waals surface area (Å²) in [5.41, 5.74) is 16.6. The Morgan fingerprint density at radius 3 is 1.83 bits per heavy atom. The Labute approximate surface area is 347 Å². The summed E-state index contributed by atoms with van der Waals surface area (Å²) in [6, 6.07) is 71.0. The third kappa shape index (κ3) is 4.36. The van der Waals surface area contributed by atoms with Crippen LogP contribution in [0.15, 0.2) is 205 Å². The van der Waals surface area contributed by atoms with Gasteiger partial charge in [0.1, 0.15) is 11.4 Å². The van der Waals surface area contributed by atoms with Crippen LogP contribution in [0.25, 0.3) is 76.9 Å². The summed E-state index contributed by atoms with van der Waals surface area (Å²) in [7, 11) is 0. The molecule has 2 aliphatic rings. The number of fused-ring (bicyclic) bond motifs is 19. The van der Waals surface area contributed by atoms with Crippen LogP contribution in [0.1, 0.15) is 27.8 Å². The molecule has 1 spiro atoms. The predicted octanol–water partition coefficient (Wildman–Crippen LogP) is 15.1. The van der Waals surface area contributed by atoms with Crippen LogP contribution in [0.4, 0.5) is 17.2 Å². The average molecular weight is 765 g/mol. The second-order valence-electron chi connectivity index (χ2n) is 16.2. The highest BCUT2D eigenvalue weighted by Crippen LogP contribution is 2.68. The second kappa shape index (κ2) is 12.4. The molecule has 2 aliphatic carbocycles. The highest BCUT2D eigenvalue weighted by Gasteiger charge is 2.54. The van der Waals surface area contributed by atoms with E-state index in [1.165, 1.54) is 66.1 Å². The molecule has 11 aromatic rings. The molecular formula is C57H36N2O. The van der Waals surface area contributed by atoms with Crippen LogP contribution in [0, 0.1) is 6.92 Å². The molecule has 0 saturated carbocycles. The maximum absolute atomic E-state index is 7.21. The number of benzene rings is 9. The van der Waals surface area contributed by atoms with Crippen molar-refractivity contribution >= 4 is 60.7 Å². The van der Waals surface area contributed by atoms with E-state index in [0.717, 1.165) is 55.8 Å². The van der Waals surface area contributed by atoms with Gasteiger partial charge in [0, 0.05) is 22.7 Å². The minimum Gasteiger partial charge on any atom is -0.454 e. The number of anilines is 3. The molecule has 280 valence electrons. The van der Waals surface area contributed by atoms with Crippen LogP contribution >= 0.6 is 0 Å². The smallest absolute Gasteiger partial charge is 0.160 e. The summed E-state index contributed by atoms with van der Waals surface area (Å²) in [5.74, 6) is 0.820. The van der Waals surface area contributed by atoms with E-state index in [2.05, 4.69) is 206 Å². The number of hydrogen-bond acceptors (Lipinski definition) is 3. The zero-order valence-corrected chi connectivity index (χ0v) is 32.9. The van der Waals surface area contributed by atoms with E-state index in [1.807, 2.05) is 6.20 Å². The Hall–Kier alpha value is -7.75. The number of para-hydroxylation sites is 1. The van der Waals surface area contributed by atoms with Crippen molar-refractivity contribution in [2.24, 2.45) is 0 Å². The van der Waals surface area contributed by atoms with Crippen LogP contribution < -0.4 is 4.90 Å². The van der Waals surface area contributed by atoms with E-state index >= 15 is 0 Å². The summed E-state index contributed by atoms with van der Waals surface area (Å²) < 4.78 is 7.21. The molecule has 3 nitrogen and oxygen atoms in total. The van der Waals surface area contributed by atoms with Crippen molar-refractivity contribution in [1.29, 1.82) is 0 Å². The monoisotopic (exact) mass is 764 g/mol. The molecule has 0 radical (unpaired) electrons. The molecule has 0 fully saturated rings. The number of furan rings is 1. The van der Waals surface area contributed by atoms with E-state index in [0.29, 0.717) is 0 Å². The number of rotatable bonds is 4. The summed E-state index contributed by atoms with van der Waals surface area (Å²) in [6.45, 7) is 2.09. The summed E-state index contributed by atoms with van der Waals surface area (Å²) in [6.07, 6.45) is 1.96. The van der Waals surface area contributed by atoms with Crippen molar-refractivity contribution in [3.8, 4) is 33.4 Å². The fraction of sp³-hybridized carbons (Fsp3) is 0.0351. The van der Waals surface area contributed by atoms with Gasteiger partial charge in [-0.05, 0) is 120 Å². The Morgan fingerprint density at radius 1 is 0.483 bits per heavy atom. The fourth-order valence-electron chi connectivity index (χ4n) is 10.8. The molecule has 3 heteroatoms. The van der Waals surface area contributed by atoms with Gasteiger partial charge in [-0.25, -0.2) is 4.98 Å². The maximum atomic E-state index is 7.21. The molecular weight excluding hydrogens is 729 g/mol. The molecule has 0 atom stereocenters. The summed E-state index contributed by atoms with van der Waals surface area (Å²) >= 11 is 0. The lowest BCUT2D eigenvalue weighted by Gasteiger charge is -2.33. The molecule has 2 aromatic heterocycles. The first-order valence-electron chi connectivity index (χ1n) is 20.7. The van der Waals surface area contributed by atoms with Crippen molar-refractivity contribution in [2.45, 2.75) is 12.3 Å². The molecule has 2 heterocycles. The van der Waals surface area contributed by atoms with Gasteiger partial charge in [0.15, 0.2) is 5.58 Å². The van der Waals surface area contributed by atoms with Crippen molar-refractivity contribution < 1.29 is 4.42 Å². The number of aromatic nitrogens is 1. The van der Waals surface area contributed by atoms with Crippen LogP contribution in [0.5, 0.6) is 0 Å². The van der Waals surface area contributed by atoms with E-state index in [-0.39, 0.29) is 0 Å². The largest absolute Gasteiger partial charge is 0.454 e. The van der Waals surface area contributed by atoms with Crippen LogP contribution in [0.2, 0.25) is 0 Å². The van der Waals surface area contributed by atoms with Crippen LogP contribution in [0.3, 0.4) is 0 Å². The molecule has 0 bridgehead atoms. The van der Waals surface area contributed by atoms with E-state index < -0.39 is 5.41 Å². The highest BCUT2D eigenvalue weighted by atomic mass is 16.3. The summed E-state index contributed by atoms with van der Waals surface area (Å²) in [4.78, 5) is 7.47. The SMILES string of the molecule is Cc1ccc(N(c2cccc(-c3ccccc3)c2)c2cc3c(c4c2oc2ccccc24)-c2c(c4ccccc4c4ccccc24)C32c3ccccc3-c3ccccc32)nc1. The molecule has 13 rings (SSSR count). The van der Waals surface area contributed by atoms with Crippen LogP contribution in [-0.2, 0) is 5.41 Å². The lowest BCUT2D eigenvalue weighted by atomic mass is 9.69. The van der Waals surface area contributed by atoms with Gasteiger partial charge >= 0.3 is 0 Å². The number of aryl methyl sites for hydroxylation is 1. The molecule has 0 N–H and O–H groups in total. The molecule has 0 saturated heterocycles. The quantitative estimate of drug-likeness (QED) is 0.167. The number of pyridine rings is 1. The third-order valence-electron chi connectivity index (χ3n) is 13.1. The first-order chi connectivity index (χ1) is 29.7.